The van der Waals surface area contributed by atoms with Crippen LogP contribution in [0.25, 0.3) is 0 Å². The zero-order valence-electron chi connectivity index (χ0n) is 12.1. The number of benzene rings is 1. The summed E-state index contributed by atoms with van der Waals surface area (Å²) in [5.74, 6) is 0.536. The second kappa shape index (κ2) is 6.44. The normalized spacial score (nSPS) is 16.3. The standard InChI is InChI=1S/C14H20N2O4S/c1-20-12-7-3-10(4-8-12)13(16-21(2,18)19)9-14(17)15-11-5-6-11/h3-4,7-8,11,13,16H,5-6,9H2,1-2H3,(H,15,17). The van der Waals surface area contributed by atoms with E-state index in [4.69, 9.17) is 4.74 Å². The highest BCUT2D eigenvalue weighted by Gasteiger charge is 2.26. The number of rotatable bonds is 7. The number of nitrogens with one attached hydrogen (secondary N) is 2. The van der Waals surface area contributed by atoms with Crippen molar-refractivity contribution in [1.82, 2.24) is 10.0 Å². The molecule has 1 fully saturated rings. The first-order chi connectivity index (χ1) is 9.87. The lowest BCUT2D eigenvalue weighted by Gasteiger charge is -2.18. The number of hydrogen-bond acceptors (Lipinski definition) is 4. The van der Waals surface area contributed by atoms with E-state index >= 15 is 0 Å². The van der Waals surface area contributed by atoms with Crippen molar-refractivity contribution in [3.63, 3.8) is 0 Å². The van der Waals surface area contributed by atoms with Gasteiger partial charge in [0.05, 0.1) is 19.4 Å². The summed E-state index contributed by atoms with van der Waals surface area (Å²) in [5.41, 5.74) is 0.729. The van der Waals surface area contributed by atoms with Gasteiger partial charge >= 0.3 is 0 Å². The van der Waals surface area contributed by atoms with Gasteiger partial charge in [0, 0.05) is 12.5 Å². The fourth-order valence-electron chi connectivity index (χ4n) is 2.02. The van der Waals surface area contributed by atoms with E-state index in [1.807, 2.05) is 0 Å². The molecule has 1 aliphatic carbocycles. The van der Waals surface area contributed by atoms with Gasteiger partial charge in [-0.25, -0.2) is 13.1 Å². The Morgan fingerprint density at radius 2 is 1.95 bits per heavy atom. The zero-order valence-corrected chi connectivity index (χ0v) is 12.9. The highest BCUT2D eigenvalue weighted by molar-refractivity contribution is 7.88. The molecule has 0 heterocycles. The third-order valence-corrected chi connectivity index (χ3v) is 3.92. The van der Waals surface area contributed by atoms with Crippen LogP contribution in [0.1, 0.15) is 30.9 Å². The van der Waals surface area contributed by atoms with Crippen molar-refractivity contribution in [3.05, 3.63) is 29.8 Å². The molecule has 0 radical (unpaired) electrons. The average molecular weight is 312 g/mol. The van der Waals surface area contributed by atoms with Crippen LogP contribution < -0.4 is 14.8 Å². The van der Waals surface area contributed by atoms with E-state index in [2.05, 4.69) is 10.0 Å². The number of carbonyl (C=O) groups excluding carboxylic acids is 1. The van der Waals surface area contributed by atoms with Crippen molar-refractivity contribution in [2.75, 3.05) is 13.4 Å². The Bertz CT molecular complexity index is 594. The number of amides is 1. The number of sulfonamides is 1. The maximum absolute atomic E-state index is 11.9. The number of hydrogen-bond donors (Lipinski definition) is 2. The minimum absolute atomic E-state index is 0.0793. The molecule has 1 atom stereocenters. The maximum Gasteiger partial charge on any atom is 0.222 e. The van der Waals surface area contributed by atoms with Gasteiger partial charge < -0.3 is 10.1 Å². The fourth-order valence-corrected chi connectivity index (χ4v) is 2.76. The van der Waals surface area contributed by atoms with E-state index in [1.54, 1.807) is 31.4 Å². The molecule has 7 heteroatoms. The van der Waals surface area contributed by atoms with E-state index in [-0.39, 0.29) is 18.4 Å². The smallest absolute Gasteiger partial charge is 0.222 e. The molecule has 0 aromatic heterocycles. The van der Waals surface area contributed by atoms with E-state index in [1.165, 1.54) is 0 Å². The molecule has 1 amide bonds. The van der Waals surface area contributed by atoms with Crippen LogP contribution in [0.2, 0.25) is 0 Å². The lowest BCUT2D eigenvalue weighted by atomic mass is 10.0. The van der Waals surface area contributed by atoms with E-state index < -0.39 is 16.1 Å². The first-order valence-corrected chi connectivity index (χ1v) is 8.67. The predicted octanol–water partition coefficient (Wildman–Crippen LogP) is 0.954. The Balaban J connectivity index is 2.11. The Morgan fingerprint density at radius 3 is 2.43 bits per heavy atom. The molecule has 21 heavy (non-hydrogen) atoms. The lowest BCUT2D eigenvalue weighted by Crippen LogP contribution is -2.34. The molecule has 0 spiro atoms. The quantitative estimate of drug-likeness (QED) is 0.785. The molecule has 116 valence electrons. The molecule has 1 unspecified atom stereocenters. The molecule has 1 saturated carbocycles. The minimum Gasteiger partial charge on any atom is -0.497 e. The summed E-state index contributed by atoms with van der Waals surface area (Å²) in [4.78, 5) is 11.9. The minimum atomic E-state index is -3.41. The third-order valence-electron chi connectivity index (χ3n) is 3.21. The van der Waals surface area contributed by atoms with Crippen LogP contribution in [0.4, 0.5) is 0 Å². The van der Waals surface area contributed by atoms with Crippen molar-refractivity contribution in [1.29, 1.82) is 0 Å². The van der Waals surface area contributed by atoms with Crippen molar-refractivity contribution < 1.29 is 17.9 Å². The largest absolute Gasteiger partial charge is 0.497 e. The summed E-state index contributed by atoms with van der Waals surface area (Å²) < 4.78 is 30.6. The summed E-state index contributed by atoms with van der Waals surface area (Å²) in [6.07, 6.45) is 3.16. The Morgan fingerprint density at radius 1 is 1.33 bits per heavy atom. The Hall–Kier alpha value is -1.60. The molecule has 1 aromatic carbocycles. The second-order valence-electron chi connectivity index (χ2n) is 5.26. The van der Waals surface area contributed by atoms with Crippen molar-refractivity contribution in [3.8, 4) is 5.75 Å². The Kier molecular flexibility index (Phi) is 4.84. The molecule has 1 aliphatic rings. The van der Waals surface area contributed by atoms with Crippen LogP contribution in [0.3, 0.4) is 0 Å². The molecular weight excluding hydrogens is 292 g/mol. The monoisotopic (exact) mass is 312 g/mol. The summed E-state index contributed by atoms with van der Waals surface area (Å²) in [5, 5.41) is 2.86. The topological polar surface area (TPSA) is 84.5 Å². The van der Waals surface area contributed by atoms with Gasteiger partial charge in [-0.15, -0.1) is 0 Å². The van der Waals surface area contributed by atoms with Gasteiger partial charge in [0.15, 0.2) is 0 Å². The first kappa shape index (κ1) is 15.8. The SMILES string of the molecule is COc1ccc(C(CC(=O)NC2CC2)NS(C)(=O)=O)cc1. The summed E-state index contributed by atoms with van der Waals surface area (Å²) in [6, 6.07) is 6.67. The van der Waals surface area contributed by atoms with Crippen LogP contribution in [-0.4, -0.2) is 33.7 Å². The van der Waals surface area contributed by atoms with Gasteiger partial charge in [0.2, 0.25) is 15.9 Å². The molecule has 0 aliphatic heterocycles. The summed E-state index contributed by atoms with van der Waals surface area (Å²) in [7, 11) is -1.85. The van der Waals surface area contributed by atoms with Gasteiger partial charge in [0.1, 0.15) is 5.75 Å². The first-order valence-electron chi connectivity index (χ1n) is 6.78. The molecule has 0 bridgehead atoms. The van der Waals surface area contributed by atoms with Gasteiger partial charge in [-0.1, -0.05) is 12.1 Å². The van der Waals surface area contributed by atoms with Crippen molar-refractivity contribution in [2.24, 2.45) is 0 Å². The molecule has 0 saturated heterocycles. The molecule has 2 N–H and O–H groups in total. The molecule has 1 aromatic rings. The molecule has 6 nitrogen and oxygen atoms in total. The van der Waals surface area contributed by atoms with Gasteiger partial charge in [0.25, 0.3) is 0 Å². The second-order valence-corrected chi connectivity index (χ2v) is 7.04. The maximum atomic E-state index is 11.9. The van der Waals surface area contributed by atoms with Crippen molar-refractivity contribution in [2.45, 2.75) is 31.3 Å². The van der Waals surface area contributed by atoms with Crippen molar-refractivity contribution >= 4 is 15.9 Å². The van der Waals surface area contributed by atoms with Crippen LogP contribution in [0.15, 0.2) is 24.3 Å². The number of methoxy groups -OCH3 is 1. The summed E-state index contributed by atoms with van der Waals surface area (Å²) >= 11 is 0. The average Bonchev–Trinajstić information content (AvgIpc) is 3.20. The van der Waals surface area contributed by atoms with Gasteiger partial charge in [-0.05, 0) is 30.5 Å². The predicted molar refractivity (Wildman–Crippen MR) is 79.5 cm³/mol. The highest BCUT2D eigenvalue weighted by Crippen LogP contribution is 2.23. The Labute approximate surface area is 124 Å². The summed E-state index contributed by atoms with van der Waals surface area (Å²) in [6.45, 7) is 0. The van der Waals surface area contributed by atoms with E-state index in [0.717, 1.165) is 24.7 Å². The number of carbonyl (C=O) groups is 1. The molecular formula is C14H20N2O4S. The highest BCUT2D eigenvalue weighted by atomic mass is 32.2. The van der Waals surface area contributed by atoms with E-state index in [0.29, 0.717) is 5.75 Å². The third kappa shape index (κ3) is 5.35. The van der Waals surface area contributed by atoms with E-state index in [9.17, 15) is 13.2 Å². The van der Waals surface area contributed by atoms with Gasteiger partial charge in [-0.3, -0.25) is 4.79 Å². The zero-order chi connectivity index (χ0) is 15.5. The van der Waals surface area contributed by atoms with Crippen LogP contribution >= 0.6 is 0 Å². The molecule has 2 rings (SSSR count). The van der Waals surface area contributed by atoms with Crippen LogP contribution in [-0.2, 0) is 14.8 Å². The van der Waals surface area contributed by atoms with Crippen LogP contribution in [0.5, 0.6) is 5.75 Å². The fraction of sp³-hybridized carbons (Fsp3) is 0.500. The number of ether oxygens (including phenoxy) is 1. The lowest BCUT2D eigenvalue weighted by molar-refractivity contribution is -0.121. The van der Waals surface area contributed by atoms with Crippen LogP contribution in [0, 0.1) is 0 Å². The van der Waals surface area contributed by atoms with Gasteiger partial charge in [-0.2, -0.15) is 0 Å².